The molecule has 1 amide bonds. The van der Waals surface area contributed by atoms with Gasteiger partial charge in [0.05, 0.1) is 5.52 Å². The van der Waals surface area contributed by atoms with Gasteiger partial charge in [-0.25, -0.2) is 19.7 Å². The van der Waals surface area contributed by atoms with Crippen molar-refractivity contribution in [2.24, 2.45) is 0 Å². The maximum Gasteiger partial charge on any atom is 0.410 e. The van der Waals surface area contributed by atoms with Crippen LogP contribution in [0.1, 0.15) is 45.7 Å². The van der Waals surface area contributed by atoms with E-state index in [1.807, 2.05) is 51.1 Å². The van der Waals surface area contributed by atoms with Crippen LogP contribution in [0, 0.1) is 0 Å². The lowest BCUT2D eigenvalue weighted by atomic mass is 9.89. The first kappa shape index (κ1) is 23.1. The van der Waals surface area contributed by atoms with Crippen LogP contribution in [0.25, 0.3) is 16.5 Å². The standard InChI is InChI=1S/C27H31N5O3/c1-27(2,3)35-26(33)32-14-10-19(11-15-32)24-25(29-13-12-28-24)34-21-16-20(17-21)30-23-9-8-18-6-4-5-7-22(18)31-23/h4-10,12-13,20-21H,11,14-17H2,1-3H3,(H,30,31)/t20-,21-. The maximum atomic E-state index is 12.4. The molecule has 0 unspecified atom stereocenters. The van der Waals surface area contributed by atoms with Crippen molar-refractivity contribution in [1.82, 2.24) is 19.9 Å². The highest BCUT2D eigenvalue weighted by molar-refractivity contribution is 5.80. The summed E-state index contributed by atoms with van der Waals surface area (Å²) in [5.41, 5.74) is 2.28. The summed E-state index contributed by atoms with van der Waals surface area (Å²) in [6, 6.07) is 12.5. The summed E-state index contributed by atoms with van der Waals surface area (Å²) >= 11 is 0. The van der Waals surface area contributed by atoms with Crippen molar-refractivity contribution in [3.8, 4) is 5.88 Å². The van der Waals surface area contributed by atoms with Crippen molar-refractivity contribution in [2.75, 3.05) is 18.4 Å². The molecule has 1 aliphatic carbocycles. The number of pyridine rings is 1. The predicted octanol–water partition coefficient (Wildman–Crippen LogP) is 5.07. The number of fused-ring (bicyclic) bond motifs is 1. The van der Waals surface area contributed by atoms with E-state index in [2.05, 4.69) is 27.4 Å². The second-order valence-electron chi connectivity index (χ2n) is 10.1. The average Bonchev–Trinajstić information content (AvgIpc) is 2.82. The number of carbonyl (C=O) groups is 1. The van der Waals surface area contributed by atoms with Crippen LogP contribution in [0.4, 0.5) is 10.6 Å². The molecule has 2 aliphatic rings. The van der Waals surface area contributed by atoms with E-state index in [-0.39, 0.29) is 12.2 Å². The number of nitrogens with zero attached hydrogens (tertiary/aromatic N) is 4. The van der Waals surface area contributed by atoms with Gasteiger partial charge in [0.2, 0.25) is 5.88 Å². The van der Waals surface area contributed by atoms with E-state index in [0.29, 0.717) is 31.4 Å². The minimum Gasteiger partial charge on any atom is -0.473 e. The molecule has 1 N–H and O–H groups in total. The molecule has 0 radical (unpaired) electrons. The van der Waals surface area contributed by atoms with Crippen LogP contribution in [0.5, 0.6) is 5.88 Å². The zero-order chi connectivity index (χ0) is 24.4. The maximum absolute atomic E-state index is 12.4. The first-order chi connectivity index (χ1) is 16.8. The van der Waals surface area contributed by atoms with Gasteiger partial charge < -0.3 is 19.7 Å². The Bertz CT molecular complexity index is 1250. The average molecular weight is 474 g/mol. The molecule has 3 aromatic rings. The number of aromatic nitrogens is 3. The Morgan fingerprint density at radius 2 is 1.89 bits per heavy atom. The number of benzene rings is 1. The van der Waals surface area contributed by atoms with Gasteiger partial charge in [0.15, 0.2) is 0 Å². The lowest BCUT2D eigenvalue weighted by Gasteiger charge is -2.36. The van der Waals surface area contributed by atoms with E-state index in [9.17, 15) is 4.79 Å². The lowest BCUT2D eigenvalue weighted by Crippen LogP contribution is -2.43. The molecule has 0 spiro atoms. The largest absolute Gasteiger partial charge is 0.473 e. The van der Waals surface area contributed by atoms with Gasteiger partial charge in [0.25, 0.3) is 0 Å². The second kappa shape index (κ2) is 9.52. The zero-order valence-electron chi connectivity index (χ0n) is 20.4. The highest BCUT2D eigenvalue weighted by Gasteiger charge is 2.33. The van der Waals surface area contributed by atoms with Gasteiger partial charge in [0.1, 0.15) is 23.2 Å². The van der Waals surface area contributed by atoms with Gasteiger partial charge >= 0.3 is 6.09 Å². The molecule has 1 aromatic carbocycles. The molecule has 35 heavy (non-hydrogen) atoms. The molecule has 5 rings (SSSR count). The third-order valence-corrected chi connectivity index (χ3v) is 6.15. The van der Waals surface area contributed by atoms with Crippen LogP contribution in [0.15, 0.2) is 54.9 Å². The van der Waals surface area contributed by atoms with Crippen LogP contribution in [0.3, 0.4) is 0 Å². The summed E-state index contributed by atoms with van der Waals surface area (Å²) in [5.74, 6) is 1.44. The van der Waals surface area contributed by atoms with Crippen molar-refractivity contribution in [3.63, 3.8) is 0 Å². The summed E-state index contributed by atoms with van der Waals surface area (Å²) in [6.07, 6.45) is 7.55. The Morgan fingerprint density at radius 1 is 1.09 bits per heavy atom. The minimum absolute atomic E-state index is 0.0749. The van der Waals surface area contributed by atoms with E-state index in [4.69, 9.17) is 14.5 Å². The van der Waals surface area contributed by atoms with Crippen LogP contribution in [0.2, 0.25) is 0 Å². The smallest absolute Gasteiger partial charge is 0.410 e. The monoisotopic (exact) mass is 473 g/mol. The number of anilines is 1. The summed E-state index contributed by atoms with van der Waals surface area (Å²) in [6.45, 7) is 6.67. The van der Waals surface area contributed by atoms with Crippen molar-refractivity contribution >= 4 is 28.4 Å². The highest BCUT2D eigenvalue weighted by Crippen LogP contribution is 2.32. The second-order valence-corrected chi connectivity index (χ2v) is 10.1. The molecule has 2 aromatic heterocycles. The zero-order valence-corrected chi connectivity index (χ0v) is 20.4. The molecule has 8 nitrogen and oxygen atoms in total. The molecule has 1 saturated carbocycles. The van der Waals surface area contributed by atoms with Crippen molar-refractivity contribution < 1.29 is 14.3 Å². The number of para-hydroxylation sites is 1. The fraction of sp³-hybridized carbons (Fsp3) is 0.407. The molecule has 1 fully saturated rings. The van der Waals surface area contributed by atoms with Crippen molar-refractivity contribution in [3.05, 3.63) is 60.6 Å². The molecule has 3 heterocycles. The summed E-state index contributed by atoms with van der Waals surface area (Å²) < 4.78 is 11.7. The van der Waals surface area contributed by atoms with Gasteiger partial charge in [-0.2, -0.15) is 0 Å². The van der Waals surface area contributed by atoms with E-state index in [1.165, 1.54) is 0 Å². The van der Waals surface area contributed by atoms with E-state index < -0.39 is 5.60 Å². The molecule has 1 aliphatic heterocycles. The Kier molecular flexibility index (Phi) is 6.28. The van der Waals surface area contributed by atoms with Crippen molar-refractivity contribution in [1.29, 1.82) is 0 Å². The Labute approximate surface area is 205 Å². The number of rotatable bonds is 5. The quantitative estimate of drug-likeness (QED) is 0.553. The van der Waals surface area contributed by atoms with Crippen molar-refractivity contribution in [2.45, 2.75) is 57.8 Å². The number of hydrogen-bond donors (Lipinski definition) is 1. The fourth-order valence-electron chi connectivity index (χ4n) is 4.30. The number of amides is 1. The lowest BCUT2D eigenvalue weighted by molar-refractivity contribution is 0.0270. The Balaban J connectivity index is 1.17. The molecule has 0 atom stereocenters. The van der Waals surface area contributed by atoms with Gasteiger partial charge in [-0.3, -0.25) is 0 Å². The van der Waals surface area contributed by atoms with Gasteiger partial charge in [-0.15, -0.1) is 0 Å². The normalized spacial score (nSPS) is 20.1. The summed E-state index contributed by atoms with van der Waals surface area (Å²) in [7, 11) is 0. The number of hydrogen-bond acceptors (Lipinski definition) is 7. The van der Waals surface area contributed by atoms with Gasteiger partial charge in [0, 0.05) is 49.8 Å². The van der Waals surface area contributed by atoms with Gasteiger partial charge in [-0.05, 0) is 51.0 Å². The molecule has 0 saturated heterocycles. The number of carbonyl (C=O) groups excluding carboxylic acids is 1. The molecule has 0 bridgehead atoms. The van der Waals surface area contributed by atoms with Crippen LogP contribution < -0.4 is 10.1 Å². The van der Waals surface area contributed by atoms with Crippen LogP contribution in [-0.4, -0.2) is 56.8 Å². The first-order valence-corrected chi connectivity index (χ1v) is 12.1. The summed E-state index contributed by atoms with van der Waals surface area (Å²) in [4.78, 5) is 27.8. The number of nitrogens with one attached hydrogen (secondary N) is 1. The summed E-state index contributed by atoms with van der Waals surface area (Å²) in [5, 5.41) is 4.64. The molecular weight excluding hydrogens is 442 g/mol. The fourth-order valence-corrected chi connectivity index (χ4v) is 4.30. The van der Waals surface area contributed by atoms with Crippen LogP contribution >= 0.6 is 0 Å². The van der Waals surface area contributed by atoms with Gasteiger partial charge in [-0.1, -0.05) is 24.3 Å². The molecule has 182 valence electrons. The minimum atomic E-state index is -0.507. The Morgan fingerprint density at radius 3 is 2.66 bits per heavy atom. The molecule has 8 heteroatoms. The van der Waals surface area contributed by atoms with E-state index >= 15 is 0 Å². The first-order valence-electron chi connectivity index (χ1n) is 12.1. The topological polar surface area (TPSA) is 89.5 Å². The Hall–Kier alpha value is -3.68. The van der Waals surface area contributed by atoms with Crippen LogP contribution in [-0.2, 0) is 4.74 Å². The SMILES string of the molecule is CC(C)(C)OC(=O)N1CC=C(c2nccnc2O[C@H]2C[C@H](Nc3ccc4ccccc4n3)C2)CC1. The number of ether oxygens (including phenoxy) is 2. The molecular formula is C27H31N5O3. The third kappa shape index (κ3) is 5.53. The third-order valence-electron chi connectivity index (χ3n) is 6.15. The highest BCUT2D eigenvalue weighted by atomic mass is 16.6. The predicted molar refractivity (Wildman–Crippen MR) is 135 cm³/mol. The van der Waals surface area contributed by atoms with E-state index in [0.717, 1.165) is 40.8 Å². The van der Waals surface area contributed by atoms with E-state index in [1.54, 1.807) is 17.3 Å².